The van der Waals surface area contributed by atoms with Gasteiger partial charge in [-0.1, -0.05) is 35.9 Å². The molecule has 1 heterocycles. The molecule has 0 fully saturated rings. The van der Waals surface area contributed by atoms with Gasteiger partial charge in [-0.3, -0.25) is 14.4 Å². The normalized spacial score (nSPS) is 10.5. The molecule has 0 radical (unpaired) electrons. The van der Waals surface area contributed by atoms with Crippen LogP contribution in [-0.2, 0) is 14.3 Å². The summed E-state index contributed by atoms with van der Waals surface area (Å²) in [5, 5.41) is 3.28. The molecule has 3 aromatic rings. The molecule has 0 bridgehead atoms. The van der Waals surface area contributed by atoms with E-state index in [4.69, 9.17) is 20.8 Å². The van der Waals surface area contributed by atoms with Crippen LogP contribution in [0.1, 0.15) is 10.6 Å². The molecule has 154 valence electrons. The molecular weight excluding hydrogens is 412 g/mol. The molecule has 0 atom stereocenters. The molecule has 0 aliphatic carbocycles. The number of hydrogen-bond acceptors (Lipinski definition) is 6. The number of amides is 2. The lowest BCUT2D eigenvalue weighted by atomic mass is 10.2. The van der Waals surface area contributed by atoms with Crippen molar-refractivity contribution in [1.29, 1.82) is 0 Å². The van der Waals surface area contributed by atoms with Crippen LogP contribution in [0.15, 0.2) is 63.8 Å². The van der Waals surface area contributed by atoms with Crippen LogP contribution in [0.3, 0.4) is 0 Å². The van der Waals surface area contributed by atoms with Gasteiger partial charge >= 0.3 is 5.97 Å². The molecule has 0 aliphatic heterocycles. The van der Waals surface area contributed by atoms with Crippen LogP contribution in [0, 0.1) is 0 Å². The number of halogens is 1. The van der Waals surface area contributed by atoms with Gasteiger partial charge in [0, 0.05) is 13.1 Å². The topological polar surface area (TPSA) is 106 Å². The smallest absolute Gasteiger partial charge is 0.374 e. The number of carbonyl (C=O) groups is 3. The van der Waals surface area contributed by atoms with Crippen molar-refractivity contribution < 1.29 is 23.5 Å². The third-order valence-electron chi connectivity index (χ3n) is 4.12. The Balaban J connectivity index is 1.55. The summed E-state index contributed by atoms with van der Waals surface area (Å²) in [5.41, 5.74) is 0.253. The lowest BCUT2D eigenvalue weighted by Gasteiger charge is -2.17. The number of likely N-dealkylation sites (N-methyl/N-ethyl adjacent to an activating group) is 1. The van der Waals surface area contributed by atoms with Crippen LogP contribution in [-0.4, -0.2) is 42.9 Å². The van der Waals surface area contributed by atoms with E-state index in [1.165, 1.54) is 7.05 Å². The second kappa shape index (κ2) is 9.23. The number of benzene rings is 2. The van der Waals surface area contributed by atoms with Crippen LogP contribution in [0.25, 0.3) is 11.0 Å². The van der Waals surface area contributed by atoms with E-state index in [9.17, 15) is 19.2 Å². The number of carbonyl (C=O) groups excluding carboxylic acids is 3. The zero-order chi connectivity index (χ0) is 21.7. The number of esters is 1. The highest BCUT2D eigenvalue weighted by Gasteiger charge is 2.18. The first-order valence-electron chi connectivity index (χ1n) is 8.83. The number of fused-ring (bicyclic) bond motifs is 1. The van der Waals surface area contributed by atoms with Gasteiger partial charge in [0.05, 0.1) is 22.6 Å². The molecule has 9 heteroatoms. The third-order valence-corrected chi connectivity index (χ3v) is 4.45. The van der Waals surface area contributed by atoms with E-state index in [-0.39, 0.29) is 17.9 Å². The second-order valence-corrected chi connectivity index (χ2v) is 6.73. The minimum atomic E-state index is -0.958. The van der Waals surface area contributed by atoms with E-state index in [1.54, 1.807) is 48.5 Å². The minimum Gasteiger partial charge on any atom is -0.450 e. The van der Waals surface area contributed by atoms with E-state index >= 15 is 0 Å². The largest absolute Gasteiger partial charge is 0.450 e. The average molecular weight is 429 g/mol. The highest BCUT2D eigenvalue weighted by molar-refractivity contribution is 6.33. The molecule has 8 nitrogen and oxygen atoms in total. The fraction of sp³-hybridized carbons (Fsp3) is 0.143. The van der Waals surface area contributed by atoms with Gasteiger partial charge in [0.1, 0.15) is 5.58 Å². The fourth-order valence-electron chi connectivity index (χ4n) is 2.57. The van der Waals surface area contributed by atoms with E-state index < -0.39 is 29.8 Å². The summed E-state index contributed by atoms with van der Waals surface area (Å²) in [4.78, 5) is 49.5. The highest BCUT2D eigenvalue weighted by atomic mass is 35.5. The van der Waals surface area contributed by atoms with E-state index in [2.05, 4.69) is 5.32 Å². The van der Waals surface area contributed by atoms with Gasteiger partial charge in [-0.05, 0) is 24.3 Å². The summed E-state index contributed by atoms with van der Waals surface area (Å²) in [6, 6.07) is 14.1. The lowest BCUT2D eigenvalue weighted by molar-refractivity contribution is -0.136. The van der Waals surface area contributed by atoms with Gasteiger partial charge in [-0.2, -0.15) is 0 Å². The first kappa shape index (κ1) is 21.1. The van der Waals surface area contributed by atoms with Crippen LogP contribution < -0.4 is 10.7 Å². The van der Waals surface area contributed by atoms with Crippen molar-refractivity contribution in [2.75, 3.05) is 25.5 Å². The molecule has 0 aliphatic rings. The van der Waals surface area contributed by atoms with Gasteiger partial charge in [0.25, 0.3) is 5.91 Å². The number of anilines is 1. The van der Waals surface area contributed by atoms with E-state index in [0.717, 1.165) is 11.0 Å². The molecular formula is C21H17ClN2O6. The zero-order valence-electron chi connectivity index (χ0n) is 15.9. The van der Waals surface area contributed by atoms with Gasteiger partial charge < -0.3 is 19.4 Å². The molecule has 3 rings (SSSR count). The summed E-state index contributed by atoms with van der Waals surface area (Å²) < 4.78 is 10.3. The molecule has 2 amide bonds. The Hall–Kier alpha value is -3.65. The Bertz CT molecular complexity index is 1170. The standard InChI is InChI=1S/C21H17ClN2O6/c1-24(11-19(26)23-15-8-4-3-7-14(15)22)20(27)12-29-21(28)18-10-16(25)13-6-2-5-9-17(13)30-18/h2-10H,11-12H2,1H3,(H,23,26). The van der Waals surface area contributed by atoms with Crippen molar-refractivity contribution in [2.24, 2.45) is 0 Å². The van der Waals surface area contributed by atoms with Crippen LogP contribution in [0.5, 0.6) is 0 Å². The maximum Gasteiger partial charge on any atom is 0.374 e. The van der Waals surface area contributed by atoms with Crippen LogP contribution in [0.2, 0.25) is 5.02 Å². The van der Waals surface area contributed by atoms with Gasteiger partial charge in [0.2, 0.25) is 11.7 Å². The zero-order valence-corrected chi connectivity index (χ0v) is 16.6. The Morgan fingerprint density at radius 1 is 1.10 bits per heavy atom. The highest BCUT2D eigenvalue weighted by Crippen LogP contribution is 2.20. The fourth-order valence-corrected chi connectivity index (χ4v) is 2.75. The number of ether oxygens (including phenoxy) is 1. The quantitative estimate of drug-likeness (QED) is 0.605. The molecule has 0 spiro atoms. The number of nitrogens with one attached hydrogen (secondary N) is 1. The molecule has 0 saturated heterocycles. The summed E-state index contributed by atoms with van der Waals surface area (Å²) in [6.07, 6.45) is 0. The second-order valence-electron chi connectivity index (χ2n) is 6.33. The van der Waals surface area contributed by atoms with Crippen molar-refractivity contribution in [1.82, 2.24) is 4.90 Å². The number of nitrogens with zero attached hydrogens (tertiary/aromatic N) is 1. The molecule has 0 unspecified atom stereocenters. The van der Waals surface area contributed by atoms with Crippen molar-refractivity contribution in [3.63, 3.8) is 0 Å². The predicted molar refractivity (Wildman–Crippen MR) is 110 cm³/mol. The summed E-state index contributed by atoms with van der Waals surface area (Å²) in [6.45, 7) is -0.891. The van der Waals surface area contributed by atoms with Crippen molar-refractivity contribution in [3.8, 4) is 0 Å². The Morgan fingerprint density at radius 3 is 2.57 bits per heavy atom. The maximum atomic E-state index is 12.2. The molecule has 30 heavy (non-hydrogen) atoms. The summed E-state index contributed by atoms with van der Waals surface area (Å²) in [7, 11) is 1.39. The van der Waals surface area contributed by atoms with Gasteiger partial charge in [-0.15, -0.1) is 0 Å². The van der Waals surface area contributed by atoms with Gasteiger partial charge in [-0.25, -0.2) is 4.79 Å². The monoisotopic (exact) mass is 428 g/mol. The minimum absolute atomic E-state index is 0.233. The van der Waals surface area contributed by atoms with Crippen molar-refractivity contribution in [2.45, 2.75) is 0 Å². The van der Waals surface area contributed by atoms with Crippen molar-refractivity contribution in [3.05, 3.63) is 75.6 Å². The Labute approximate surface area is 176 Å². The molecule has 1 aromatic heterocycles. The van der Waals surface area contributed by atoms with Crippen LogP contribution in [0.4, 0.5) is 5.69 Å². The SMILES string of the molecule is CN(CC(=O)Nc1ccccc1Cl)C(=O)COC(=O)c1cc(=O)c2ccccc2o1. The molecule has 1 N–H and O–H groups in total. The predicted octanol–water partition coefficient (Wildman–Crippen LogP) is 2.70. The first-order valence-corrected chi connectivity index (χ1v) is 9.21. The number of para-hydroxylation sites is 2. The van der Waals surface area contributed by atoms with E-state index in [0.29, 0.717) is 16.1 Å². The Kier molecular flexibility index (Phi) is 6.48. The van der Waals surface area contributed by atoms with Crippen molar-refractivity contribution >= 4 is 46.0 Å². The maximum absolute atomic E-state index is 12.2. The number of rotatable bonds is 6. The van der Waals surface area contributed by atoms with E-state index in [1.807, 2.05) is 0 Å². The first-order chi connectivity index (χ1) is 14.3. The number of hydrogen-bond donors (Lipinski definition) is 1. The third kappa shape index (κ3) is 5.03. The molecule has 0 saturated carbocycles. The van der Waals surface area contributed by atoms with Gasteiger partial charge in [0.15, 0.2) is 12.0 Å². The Morgan fingerprint density at radius 2 is 1.80 bits per heavy atom. The lowest BCUT2D eigenvalue weighted by Crippen LogP contribution is -2.37. The average Bonchev–Trinajstić information content (AvgIpc) is 2.73. The molecule has 2 aromatic carbocycles. The summed E-state index contributed by atoms with van der Waals surface area (Å²) in [5.74, 6) is -2.35. The summed E-state index contributed by atoms with van der Waals surface area (Å²) >= 11 is 5.97. The van der Waals surface area contributed by atoms with Crippen LogP contribution >= 0.6 is 11.6 Å².